The molecule has 1 fully saturated rings. The van der Waals surface area contributed by atoms with E-state index in [1.807, 2.05) is 0 Å². The Labute approximate surface area is 105 Å². The highest BCUT2D eigenvalue weighted by Gasteiger charge is 2.38. The third-order valence-corrected chi connectivity index (χ3v) is 3.31. The van der Waals surface area contributed by atoms with Gasteiger partial charge in [-0.3, -0.25) is 4.90 Å². The number of hydrogen-bond donors (Lipinski definition) is 0. The van der Waals surface area contributed by atoms with Crippen LogP contribution in [0, 0.1) is 0 Å². The minimum absolute atomic E-state index is 0.169. The summed E-state index contributed by atoms with van der Waals surface area (Å²) in [5.74, 6) is 0. The third-order valence-electron chi connectivity index (χ3n) is 3.31. The molecule has 102 valence electrons. The highest BCUT2D eigenvalue weighted by molar-refractivity contribution is 4.92. The van der Waals surface area contributed by atoms with Crippen molar-refractivity contribution in [3.8, 4) is 0 Å². The molecule has 1 heterocycles. The van der Waals surface area contributed by atoms with E-state index in [1.54, 1.807) is 14.2 Å². The Kier molecular flexibility index (Phi) is 5.86. The molecule has 0 N–H and O–H groups in total. The van der Waals surface area contributed by atoms with Crippen molar-refractivity contribution < 1.29 is 14.2 Å². The van der Waals surface area contributed by atoms with Gasteiger partial charge >= 0.3 is 0 Å². The Hall–Kier alpha value is -0.160. The molecule has 2 atom stereocenters. The molecule has 17 heavy (non-hydrogen) atoms. The predicted octanol–water partition coefficient (Wildman–Crippen LogP) is 1.54. The Balaban J connectivity index is 2.43. The van der Waals surface area contributed by atoms with E-state index in [0.717, 1.165) is 19.6 Å². The van der Waals surface area contributed by atoms with Crippen LogP contribution in [0.4, 0.5) is 0 Å². The van der Waals surface area contributed by atoms with Gasteiger partial charge in [0.1, 0.15) is 0 Å². The summed E-state index contributed by atoms with van der Waals surface area (Å²) in [6, 6.07) is 0.455. The van der Waals surface area contributed by atoms with Gasteiger partial charge in [0, 0.05) is 32.3 Å². The molecule has 4 heteroatoms. The van der Waals surface area contributed by atoms with Gasteiger partial charge in [0.25, 0.3) is 0 Å². The van der Waals surface area contributed by atoms with Crippen molar-refractivity contribution in [2.45, 2.75) is 44.9 Å². The molecule has 0 saturated carbocycles. The van der Waals surface area contributed by atoms with Gasteiger partial charge in [0.15, 0.2) is 0 Å². The molecule has 1 saturated heterocycles. The number of ether oxygens (including phenoxy) is 3. The summed E-state index contributed by atoms with van der Waals surface area (Å²) in [6.07, 6.45) is 1.39. The van der Waals surface area contributed by atoms with Crippen molar-refractivity contribution in [3.05, 3.63) is 0 Å². The Morgan fingerprint density at radius 3 is 2.41 bits per heavy atom. The second kappa shape index (κ2) is 6.69. The van der Waals surface area contributed by atoms with Gasteiger partial charge in [-0.15, -0.1) is 0 Å². The molecule has 0 amide bonds. The predicted molar refractivity (Wildman–Crippen MR) is 68.4 cm³/mol. The van der Waals surface area contributed by atoms with Gasteiger partial charge in [0.05, 0.1) is 25.9 Å². The summed E-state index contributed by atoms with van der Waals surface area (Å²) in [5, 5.41) is 0. The summed E-state index contributed by atoms with van der Waals surface area (Å²) >= 11 is 0. The summed E-state index contributed by atoms with van der Waals surface area (Å²) in [5.41, 5.74) is 0.169. The lowest BCUT2D eigenvalue weighted by atomic mass is 10.1. The first-order valence-electron chi connectivity index (χ1n) is 6.35. The van der Waals surface area contributed by atoms with E-state index in [0.29, 0.717) is 25.4 Å². The second-order valence-corrected chi connectivity index (χ2v) is 5.64. The maximum Gasteiger partial charge on any atom is 0.0714 e. The van der Waals surface area contributed by atoms with Gasteiger partial charge in [-0.05, 0) is 27.2 Å². The highest BCUT2D eigenvalue weighted by atomic mass is 16.5. The summed E-state index contributed by atoms with van der Waals surface area (Å²) in [4.78, 5) is 2.48. The molecule has 4 nitrogen and oxygen atoms in total. The van der Waals surface area contributed by atoms with Crippen molar-refractivity contribution in [1.82, 2.24) is 4.90 Å². The lowest BCUT2D eigenvalue weighted by Crippen LogP contribution is -2.46. The molecule has 0 spiro atoms. The van der Waals surface area contributed by atoms with E-state index in [4.69, 9.17) is 14.2 Å². The Morgan fingerprint density at radius 2 is 1.88 bits per heavy atom. The SMILES string of the molecule is COCCOCC1CC(OC)CN1C(C)(C)C. The Bertz CT molecular complexity index is 215. The van der Waals surface area contributed by atoms with Crippen molar-refractivity contribution in [2.75, 3.05) is 40.6 Å². The summed E-state index contributed by atoms with van der Waals surface area (Å²) in [6.45, 7) is 9.82. The van der Waals surface area contributed by atoms with Crippen molar-refractivity contribution in [1.29, 1.82) is 0 Å². The van der Waals surface area contributed by atoms with E-state index in [-0.39, 0.29) is 5.54 Å². The molecular formula is C13H27NO3. The number of hydrogen-bond acceptors (Lipinski definition) is 4. The van der Waals surface area contributed by atoms with Crippen LogP contribution in [0.25, 0.3) is 0 Å². The van der Waals surface area contributed by atoms with E-state index in [9.17, 15) is 0 Å². The minimum Gasteiger partial charge on any atom is -0.382 e. The van der Waals surface area contributed by atoms with Gasteiger partial charge in [-0.25, -0.2) is 0 Å². The third kappa shape index (κ3) is 4.54. The number of rotatable bonds is 6. The average molecular weight is 245 g/mol. The quantitative estimate of drug-likeness (QED) is 0.664. The first-order chi connectivity index (χ1) is 7.99. The van der Waals surface area contributed by atoms with E-state index in [1.165, 1.54) is 0 Å². The normalized spacial score (nSPS) is 26.6. The van der Waals surface area contributed by atoms with Crippen LogP contribution in [0.5, 0.6) is 0 Å². The molecular weight excluding hydrogens is 218 g/mol. The molecule has 1 aliphatic heterocycles. The van der Waals surface area contributed by atoms with Gasteiger partial charge < -0.3 is 14.2 Å². The zero-order valence-corrected chi connectivity index (χ0v) is 11.9. The molecule has 0 aromatic carbocycles. The van der Waals surface area contributed by atoms with Crippen LogP contribution in [-0.4, -0.2) is 63.2 Å². The van der Waals surface area contributed by atoms with Crippen LogP contribution >= 0.6 is 0 Å². The van der Waals surface area contributed by atoms with Crippen LogP contribution in [0.2, 0.25) is 0 Å². The fraction of sp³-hybridized carbons (Fsp3) is 1.00. The number of methoxy groups -OCH3 is 2. The molecule has 0 bridgehead atoms. The zero-order chi connectivity index (χ0) is 12.9. The van der Waals surface area contributed by atoms with E-state index < -0.39 is 0 Å². The first kappa shape index (κ1) is 14.9. The van der Waals surface area contributed by atoms with E-state index >= 15 is 0 Å². The smallest absolute Gasteiger partial charge is 0.0714 e. The maximum atomic E-state index is 5.65. The summed E-state index contributed by atoms with van der Waals surface area (Å²) < 4.78 is 16.1. The van der Waals surface area contributed by atoms with Crippen LogP contribution < -0.4 is 0 Å². The molecule has 2 unspecified atom stereocenters. The Morgan fingerprint density at radius 1 is 1.18 bits per heavy atom. The molecule has 0 aliphatic carbocycles. The minimum atomic E-state index is 0.169. The largest absolute Gasteiger partial charge is 0.382 e. The van der Waals surface area contributed by atoms with Crippen LogP contribution in [0.1, 0.15) is 27.2 Å². The molecule has 0 aromatic heterocycles. The average Bonchev–Trinajstić information content (AvgIpc) is 2.67. The number of nitrogens with zero attached hydrogens (tertiary/aromatic N) is 1. The second-order valence-electron chi connectivity index (χ2n) is 5.64. The lowest BCUT2D eigenvalue weighted by molar-refractivity contribution is 0.0174. The zero-order valence-electron chi connectivity index (χ0n) is 11.9. The molecule has 0 radical (unpaired) electrons. The molecule has 1 rings (SSSR count). The first-order valence-corrected chi connectivity index (χ1v) is 6.35. The molecule has 0 aromatic rings. The summed E-state index contributed by atoms with van der Waals surface area (Å²) in [7, 11) is 3.49. The maximum absolute atomic E-state index is 5.65. The topological polar surface area (TPSA) is 30.9 Å². The van der Waals surface area contributed by atoms with Gasteiger partial charge in [0.2, 0.25) is 0 Å². The highest BCUT2D eigenvalue weighted by Crippen LogP contribution is 2.28. The van der Waals surface area contributed by atoms with E-state index in [2.05, 4.69) is 25.7 Å². The fourth-order valence-electron chi connectivity index (χ4n) is 2.39. The van der Waals surface area contributed by atoms with Crippen molar-refractivity contribution >= 4 is 0 Å². The number of likely N-dealkylation sites (tertiary alicyclic amines) is 1. The molecule has 1 aliphatic rings. The van der Waals surface area contributed by atoms with Crippen molar-refractivity contribution in [2.24, 2.45) is 0 Å². The fourth-order valence-corrected chi connectivity index (χ4v) is 2.39. The van der Waals surface area contributed by atoms with Gasteiger partial charge in [-0.2, -0.15) is 0 Å². The van der Waals surface area contributed by atoms with Crippen molar-refractivity contribution in [3.63, 3.8) is 0 Å². The van der Waals surface area contributed by atoms with Gasteiger partial charge in [-0.1, -0.05) is 0 Å². The van der Waals surface area contributed by atoms with Crippen LogP contribution in [0.3, 0.4) is 0 Å². The van der Waals surface area contributed by atoms with Crippen LogP contribution in [-0.2, 0) is 14.2 Å². The standard InChI is InChI=1S/C13H27NO3/c1-13(2,3)14-9-12(16-5)8-11(14)10-17-7-6-15-4/h11-12H,6-10H2,1-5H3. The van der Waals surface area contributed by atoms with Crippen LogP contribution in [0.15, 0.2) is 0 Å². The monoisotopic (exact) mass is 245 g/mol. The lowest BCUT2D eigenvalue weighted by Gasteiger charge is -2.36.